The van der Waals surface area contributed by atoms with Crippen molar-refractivity contribution in [2.75, 3.05) is 10.6 Å². The van der Waals surface area contributed by atoms with Gasteiger partial charge in [0.15, 0.2) is 0 Å². The van der Waals surface area contributed by atoms with Crippen LogP contribution in [0.3, 0.4) is 0 Å². The fraction of sp³-hybridized carbons (Fsp3) is 0.364. The number of nitro benzene ring substituents is 1. The summed E-state index contributed by atoms with van der Waals surface area (Å²) in [6.45, 7) is 0. The zero-order chi connectivity index (χ0) is 13.5. The summed E-state index contributed by atoms with van der Waals surface area (Å²) < 4.78 is 12.9. The molecule has 0 aromatic heterocycles. The van der Waals surface area contributed by atoms with Crippen molar-refractivity contribution in [1.29, 1.82) is 0 Å². The number of halogens is 2. The molecule has 0 saturated heterocycles. The SMILES string of the molecule is O=C(CCCCBr)Nc1ccc(F)cc1[N+](=O)[O-]. The molecule has 0 aliphatic carbocycles. The number of rotatable bonds is 6. The highest BCUT2D eigenvalue weighted by Gasteiger charge is 2.16. The topological polar surface area (TPSA) is 72.2 Å². The van der Waals surface area contributed by atoms with Crippen molar-refractivity contribution in [1.82, 2.24) is 0 Å². The molecule has 0 aliphatic heterocycles. The van der Waals surface area contributed by atoms with Gasteiger partial charge in [-0.15, -0.1) is 0 Å². The first-order chi connectivity index (χ1) is 8.54. The van der Waals surface area contributed by atoms with Gasteiger partial charge in [-0.25, -0.2) is 4.39 Å². The minimum atomic E-state index is -0.725. The number of alkyl halides is 1. The molecule has 5 nitrogen and oxygen atoms in total. The van der Waals surface area contributed by atoms with Gasteiger partial charge in [0.05, 0.1) is 11.0 Å². The van der Waals surface area contributed by atoms with Crippen LogP contribution in [-0.2, 0) is 4.79 Å². The van der Waals surface area contributed by atoms with Crippen molar-refractivity contribution in [3.63, 3.8) is 0 Å². The predicted octanol–water partition coefficient (Wildman–Crippen LogP) is 3.24. The zero-order valence-electron chi connectivity index (χ0n) is 9.49. The number of hydrogen-bond donors (Lipinski definition) is 1. The predicted molar refractivity (Wildman–Crippen MR) is 69.3 cm³/mol. The van der Waals surface area contributed by atoms with E-state index in [1.165, 1.54) is 6.07 Å². The number of nitrogens with zero attached hydrogens (tertiary/aromatic N) is 1. The fourth-order valence-corrected chi connectivity index (χ4v) is 1.75. The van der Waals surface area contributed by atoms with Crippen molar-refractivity contribution < 1.29 is 14.1 Å². The van der Waals surface area contributed by atoms with E-state index in [0.29, 0.717) is 6.42 Å². The lowest BCUT2D eigenvalue weighted by Gasteiger charge is -2.05. The first-order valence-electron chi connectivity index (χ1n) is 5.34. The molecule has 7 heteroatoms. The van der Waals surface area contributed by atoms with Gasteiger partial charge < -0.3 is 5.32 Å². The van der Waals surface area contributed by atoms with E-state index in [-0.39, 0.29) is 18.0 Å². The molecule has 1 N–H and O–H groups in total. The van der Waals surface area contributed by atoms with E-state index in [9.17, 15) is 19.3 Å². The van der Waals surface area contributed by atoms with Gasteiger partial charge in [-0.1, -0.05) is 15.9 Å². The average Bonchev–Trinajstić information content (AvgIpc) is 2.31. The molecule has 1 rings (SSSR count). The maximum atomic E-state index is 12.9. The van der Waals surface area contributed by atoms with Crippen LogP contribution in [0.4, 0.5) is 15.8 Å². The van der Waals surface area contributed by atoms with Crippen LogP contribution in [0.5, 0.6) is 0 Å². The Morgan fingerprint density at radius 2 is 2.17 bits per heavy atom. The van der Waals surface area contributed by atoms with Crippen LogP contribution in [-0.4, -0.2) is 16.2 Å². The van der Waals surface area contributed by atoms with E-state index in [1.54, 1.807) is 0 Å². The fourth-order valence-electron chi connectivity index (χ4n) is 1.35. The van der Waals surface area contributed by atoms with Gasteiger partial charge in [0.25, 0.3) is 5.69 Å². The summed E-state index contributed by atoms with van der Waals surface area (Å²) in [6, 6.07) is 3.05. The lowest BCUT2D eigenvalue weighted by molar-refractivity contribution is -0.384. The molecular formula is C11H12BrFN2O3. The van der Waals surface area contributed by atoms with Gasteiger partial charge in [-0.2, -0.15) is 0 Å². The summed E-state index contributed by atoms with van der Waals surface area (Å²) in [4.78, 5) is 21.5. The molecule has 1 aromatic rings. The first-order valence-corrected chi connectivity index (χ1v) is 6.46. The quantitative estimate of drug-likeness (QED) is 0.379. The van der Waals surface area contributed by atoms with Gasteiger partial charge in [0, 0.05) is 11.8 Å². The van der Waals surface area contributed by atoms with Gasteiger partial charge in [0.1, 0.15) is 11.5 Å². The zero-order valence-corrected chi connectivity index (χ0v) is 11.1. The number of unbranched alkanes of at least 4 members (excludes halogenated alkanes) is 1. The molecule has 98 valence electrons. The number of anilines is 1. The van der Waals surface area contributed by atoms with E-state index >= 15 is 0 Å². The summed E-state index contributed by atoms with van der Waals surface area (Å²) in [6.07, 6.45) is 1.81. The second-order valence-electron chi connectivity index (χ2n) is 3.61. The summed E-state index contributed by atoms with van der Waals surface area (Å²) in [7, 11) is 0. The normalized spacial score (nSPS) is 10.1. The van der Waals surface area contributed by atoms with Crippen molar-refractivity contribution in [3.8, 4) is 0 Å². The molecule has 1 amide bonds. The highest BCUT2D eigenvalue weighted by Crippen LogP contribution is 2.25. The molecule has 0 radical (unpaired) electrons. The van der Waals surface area contributed by atoms with Crippen molar-refractivity contribution in [3.05, 3.63) is 34.1 Å². The summed E-state index contributed by atoms with van der Waals surface area (Å²) >= 11 is 3.24. The number of nitro groups is 1. The monoisotopic (exact) mass is 318 g/mol. The Kier molecular flexibility index (Phi) is 5.70. The van der Waals surface area contributed by atoms with E-state index in [1.807, 2.05) is 0 Å². The summed E-state index contributed by atoms with van der Waals surface area (Å²) in [5.41, 5.74) is -0.422. The Morgan fingerprint density at radius 3 is 2.78 bits per heavy atom. The van der Waals surface area contributed by atoms with Crippen LogP contribution >= 0.6 is 15.9 Å². The lowest BCUT2D eigenvalue weighted by atomic mass is 10.2. The van der Waals surface area contributed by atoms with Crippen LogP contribution < -0.4 is 5.32 Å². The molecule has 0 saturated carbocycles. The molecule has 0 spiro atoms. The maximum absolute atomic E-state index is 12.9. The number of hydrogen-bond acceptors (Lipinski definition) is 3. The van der Waals surface area contributed by atoms with E-state index in [2.05, 4.69) is 21.2 Å². The first kappa shape index (κ1) is 14.6. The molecule has 18 heavy (non-hydrogen) atoms. The molecule has 0 unspecified atom stereocenters. The van der Waals surface area contributed by atoms with Crippen molar-refractivity contribution in [2.45, 2.75) is 19.3 Å². The summed E-state index contributed by atoms with van der Waals surface area (Å²) in [5.74, 6) is -1.02. The van der Waals surface area contributed by atoms with Gasteiger partial charge in [0.2, 0.25) is 5.91 Å². The number of amides is 1. The molecule has 0 bridgehead atoms. The molecule has 0 atom stereocenters. The second-order valence-corrected chi connectivity index (χ2v) is 4.41. The Labute approximate surface area is 112 Å². The van der Waals surface area contributed by atoms with E-state index < -0.39 is 16.4 Å². The van der Waals surface area contributed by atoms with Crippen LogP contribution in [0.1, 0.15) is 19.3 Å². The largest absolute Gasteiger partial charge is 0.320 e. The molecule has 0 fully saturated rings. The van der Waals surface area contributed by atoms with Crippen molar-refractivity contribution in [2.24, 2.45) is 0 Å². The van der Waals surface area contributed by atoms with Crippen LogP contribution in [0, 0.1) is 15.9 Å². The third-order valence-electron chi connectivity index (χ3n) is 2.22. The molecular weight excluding hydrogens is 307 g/mol. The third kappa shape index (κ3) is 4.40. The number of benzene rings is 1. The van der Waals surface area contributed by atoms with E-state index in [4.69, 9.17) is 0 Å². The number of carbonyl (C=O) groups is 1. The van der Waals surface area contributed by atoms with Gasteiger partial charge in [-0.05, 0) is 25.0 Å². The van der Waals surface area contributed by atoms with Crippen LogP contribution in [0.25, 0.3) is 0 Å². The second kappa shape index (κ2) is 7.05. The molecule has 0 heterocycles. The lowest BCUT2D eigenvalue weighted by Crippen LogP contribution is -2.12. The molecule has 1 aromatic carbocycles. The minimum Gasteiger partial charge on any atom is -0.320 e. The highest BCUT2D eigenvalue weighted by molar-refractivity contribution is 9.09. The van der Waals surface area contributed by atoms with Crippen molar-refractivity contribution >= 4 is 33.2 Å². The number of nitrogens with one attached hydrogen (secondary N) is 1. The number of carbonyl (C=O) groups excluding carboxylic acids is 1. The van der Waals surface area contributed by atoms with Crippen LogP contribution in [0.2, 0.25) is 0 Å². The Balaban J connectivity index is 2.72. The average molecular weight is 319 g/mol. The van der Waals surface area contributed by atoms with E-state index in [0.717, 1.165) is 23.9 Å². The van der Waals surface area contributed by atoms with Gasteiger partial charge in [-0.3, -0.25) is 14.9 Å². The summed E-state index contributed by atoms with van der Waals surface area (Å²) in [5, 5.41) is 13.9. The van der Waals surface area contributed by atoms with Gasteiger partial charge >= 0.3 is 0 Å². The standard InChI is InChI=1S/C11H12BrFN2O3/c12-6-2-1-3-11(16)14-9-5-4-8(13)7-10(9)15(17)18/h4-5,7H,1-3,6H2,(H,14,16). The third-order valence-corrected chi connectivity index (χ3v) is 2.78. The molecule has 0 aliphatic rings. The Bertz CT molecular complexity index is 454. The minimum absolute atomic E-state index is 0.0187. The highest BCUT2D eigenvalue weighted by atomic mass is 79.9. The Morgan fingerprint density at radius 1 is 1.44 bits per heavy atom. The Hall–Kier alpha value is -1.50. The maximum Gasteiger partial charge on any atom is 0.295 e. The van der Waals surface area contributed by atoms with Crippen LogP contribution in [0.15, 0.2) is 18.2 Å². The smallest absolute Gasteiger partial charge is 0.295 e.